The Morgan fingerprint density at radius 1 is 1.25 bits per heavy atom. The molecule has 0 amide bonds. The summed E-state index contributed by atoms with van der Waals surface area (Å²) in [5, 5.41) is 3.53. The van der Waals surface area contributed by atoms with E-state index in [0.717, 1.165) is 13.1 Å². The Hall–Kier alpha value is -0.340. The molecule has 1 aromatic carbocycles. The molecule has 0 fully saturated rings. The van der Waals surface area contributed by atoms with Crippen LogP contribution in [0.15, 0.2) is 28.7 Å². The molecule has 0 bridgehead atoms. The molecule has 0 aromatic heterocycles. The van der Waals surface area contributed by atoms with Crippen LogP contribution < -0.4 is 5.32 Å². The maximum absolute atomic E-state index is 3.57. The molecule has 1 nitrogen and oxygen atoms in total. The fourth-order valence-corrected chi connectivity index (χ4v) is 1.79. The van der Waals surface area contributed by atoms with Crippen molar-refractivity contribution in [1.82, 2.24) is 5.32 Å². The minimum absolute atomic E-state index is 0.348. The number of halogens is 1. The minimum Gasteiger partial charge on any atom is -0.312 e. The summed E-state index contributed by atoms with van der Waals surface area (Å²) in [4.78, 5) is 0. The standard InChI is InChI=1S/C14H22BrN/c1-11(2)14(3,4)10-16-9-12-7-5-6-8-13(12)15/h5-8,11,16H,9-10H2,1-4H3. The van der Waals surface area contributed by atoms with Crippen LogP contribution >= 0.6 is 15.9 Å². The molecule has 0 spiro atoms. The van der Waals surface area contributed by atoms with Gasteiger partial charge < -0.3 is 5.32 Å². The molecule has 0 heterocycles. The molecule has 0 aliphatic heterocycles. The molecule has 0 radical (unpaired) electrons. The van der Waals surface area contributed by atoms with Crippen LogP contribution in [-0.4, -0.2) is 6.54 Å². The molecule has 0 aliphatic carbocycles. The minimum atomic E-state index is 0.348. The first-order valence-corrected chi connectivity index (χ1v) is 6.67. The van der Waals surface area contributed by atoms with Crippen LogP contribution in [0.5, 0.6) is 0 Å². The predicted molar refractivity (Wildman–Crippen MR) is 74.5 cm³/mol. The van der Waals surface area contributed by atoms with Gasteiger partial charge in [-0.15, -0.1) is 0 Å². The van der Waals surface area contributed by atoms with Gasteiger partial charge in [-0.3, -0.25) is 0 Å². The van der Waals surface area contributed by atoms with Gasteiger partial charge in [0.15, 0.2) is 0 Å². The molecule has 1 aromatic rings. The summed E-state index contributed by atoms with van der Waals surface area (Å²) in [5.41, 5.74) is 1.67. The summed E-state index contributed by atoms with van der Waals surface area (Å²) in [6.07, 6.45) is 0. The average Bonchev–Trinajstić information content (AvgIpc) is 2.20. The third kappa shape index (κ3) is 3.91. The Bertz CT molecular complexity index is 331. The quantitative estimate of drug-likeness (QED) is 0.853. The summed E-state index contributed by atoms with van der Waals surface area (Å²) >= 11 is 3.57. The lowest BCUT2D eigenvalue weighted by molar-refractivity contribution is 0.238. The third-order valence-corrected chi connectivity index (χ3v) is 4.19. The highest BCUT2D eigenvalue weighted by molar-refractivity contribution is 9.10. The van der Waals surface area contributed by atoms with Gasteiger partial charge in [-0.1, -0.05) is 61.8 Å². The average molecular weight is 284 g/mol. The SMILES string of the molecule is CC(C)C(C)(C)CNCc1ccccc1Br. The van der Waals surface area contributed by atoms with Crippen molar-refractivity contribution in [3.8, 4) is 0 Å². The summed E-state index contributed by atoms with van der Waals surface area (Å²) in [7, 11) is 0. The zero-order valence-corrected chi connectivity index (χ0v) is 12.3. The maximum atomic E-state index is 3.57. The van der Waals surface area contributed by atoms with Crippen LogP contribution in [-0.2, 0) is 6.54 Å². The van der Waals surface area contributed by atoms with Gasteiger partial charge in [0.05, 0.1) is 0 Å². The highest BCUT2D eigenvalue weighted by Gasteiger charge is 2.21. The second-order valence-corrected chi connectivity index (χ2v) is 6.19. The zero-order chi connectivity index (χ0) is 12.2. The number of hydrogen-bond donors (Lipinski definition) is 1. The van der Waals surface area contributed by atoms with E-state index in [0.29, 0.717) is 11.3 Å². The molecule has 0 atom stereocenters. The first-order valence-electron chi connectivity index (χ1n) is 5.87. The van der Waals surface area contributed by atoms with Crippen molar-refractivity contribution in [2.75, 3.05) is 6.54 Å². The van der Waals surface area contributed by atoms with E-state index < -0.39 is 0 Å². The molecule has 16 heavy (non-hydrogen) atoms. The van der Waals surface area contributed by atoms with Crippen molar-refractivity contribution in [1.29, 1.82) is 0 Å². The Morgan fingerprint density at radius 3 is 2.44 bits per heavy atom. The number of hydrogen-bond acceptors (Lipinski definition) is 1. The normalized spacial score (nSPS) is 12.1. The summed E-state index contributed by atoms with van der Waals surface area (Å²) in [6, 6.07) is 8.37. The number of rotatable bonds is 5. The highest BCUT2D eigenvalue weighted by Crippen LogP contribution is 2.25. The fourth-order valence-electron chi connectivity index (χ4n) is 1.37. The number of benzene rings is 1. The largest absolute Gasteiger partial charge is 0.312 e. The van der Waals surface area contributed by atoms with Gasteiger partial charge in [0.1, 0.15) is 0 Å². The van der Waals surface area contributed by atoms with Gasteiger partial charge in [0.25, 0.3) is 0 Å². The molecular weight excluding hydrogens is 262 g/mol. The lowest BCUT2D eigenvalue weighted by Crippen LogP contribution is -2.33. The van der Waals surface area contributed by atoms with Gasteiger partial charge in [0, 0.05) is 17.6 Å². The maximum Gasteiger partial charge on any atom is 0.0220 e. The lowest BCUT2D eigenvalue weighted by atomic mass is 9.81. The van der Waals surface area contributed by atoms with Crippen LogP contribution in [0.3, 0.4) is 0 Å². The van der Waals surface area contributed by atoms with Gasteiger partial charge >= 0.3 is 0 Å². The van der Waals surface area contributed by atoms with Crippen LogP contribution in [0, 0.1) is 11.3 Å². The van der Waals surface area contributed by atoms with Gasteiger partial charge in [-0.25, -0.2) is 0 Å². The summed E-state index contributed by atoms with van der Waals surface area (Å²) < 4.78 is 1.19. The molecular formula is C14H22BrN. The summed E-state index contributed by atoms with van der Waals surface area (Å²) in [5.74, 6) is 0.694. The van der Waals surface area contributed by atoms with E-state index >= 15 is 0 Å². The third-order valence-electron chi connectivity index (χ3n) is 3.42. The van der Waals surface area contributed by atoms with Crippen molar-refractivity contribution >= 4 is 15.9 Å². The van der Waals surface area contributed by atoms with Crippen LogP contribution in [0.1, 0.15) is 33.3 Å². The first-order chi connectivity index (χ1) is 7.43. The van der Waals surface area contributed by atoms with Crippen molar-refractivity contribution in [3.05, 3.63) is 34.3 Å². The molecule has 1 rings (SSSR count). The smallest absolute Gasteiger partial charge is 0.0220 e. The van der Waals surface area contributed by atoms with Gasteiger partial charge in [-0.05, 0) is 23.0 Å². The van der Waals surface area contributed by atoms with Crippen LogP contribution in [0.4, 0.5) is 0 Å². The fraction of sp³-hybridized carbons (Fsp3) is 0.571. The monoisotopic (exact) mass is 283 g/mol. The first kappa shape index (κ1) is 13.7. The van der Waals surface area contributed by atoms with Crippen LogP contribution in [0.25, 0.3) is 0 Å². The topological polar surface area (TPSA) is 12.0 Å². The lowest BCUT2D eigenvalue weighted by Gasteiger charge is -2.29. The number of nitrogens with one attached hydrogen (secondary N) is 1. The predicted octanol–water partition coefficient (Wildman–Crippen LogP) is 4.22. The van der Waals surface area contributed by atoms with Gasteiger partial charge in [0.2, 0.25) is 0 Å². The Balaban J connectivity index is 2.45. The van der Waals surface area contributed by atoms with E-state index in [1.807, 2.05) is 6.07 Å². The van der Waals surface area contributed by atoms with E-state index in [4.69, 9.17) is 0 Å². The Labute approximate surface area is 108 Å². The zero-order valence-electron chi connectivity index (χ0n) is 10.7. The molecule has 0 saturated heterocycles. The Morgan fingerprint density at radius 2 is 1.88 bits per heavy atom. The van der Waals surface area contributed by atoms with Crippen molar-refractivity contribution in [2.24, 2.45) is 11.3 Å². The van der Waals surface area contributed by atoms with Crippen LogP contribution in [0.2, 0.25) is 0 Å². The molecule has 1 N–H and O–H groups in total. The van der Waals surface area contributed by atoms with E-state index in [-0.39, 0.29) is 0 Å². The van der Waals surface area contributed by atoms with E-state index in [9.17, 15) is 0 Å². The molecule has 0 aliphatic rings. The van der Waals surface area contributed by atoms with E-state index in [2.05, 4.69) is 67.1 Å². The van der Waals surface area contributed by atoms with Crippen molar-refractivity contribution in [2.45, 2.75) is 34.2 Å². The molecule has 2 heteroatoms. The van der Waals surface area contributed by atoms with E-state index in [1.54, 1.807) is 0 Å². The second kappa shape index (κ2) is 5.83. The van der Waals surface area contributed by atoms with Gasteiger partial charge in [-0.2, -0.15) is 0 Å². The summed E-state index contributed by atoms with van der Waals surface area (Å²) in [6.45, 7) is 11.2. The molecule has 0 saturated carbocycles. The van der Waals surface area contributed by atoms with Crippen molar-refractivity contribution in [3.63, 3.8) is 0 Å². The van der Waals surface area contributed by atoms with Crippen molar-refractivity contribution < 1.29 is 0 Å². The second-order valence-electron chi connectivity index (χ2n) is 5.34. The molecule has 0 unspecified atom stereocenters. The molecule has 90 valence electrons. The van der Waals surface area contributed by atoms with E-state index in [1.165, 1.54) is 10.0 Å². The Kier molecular flexibility index (Phi) is 5.00. The highest BCUT2D eigenvalue weighted by atomic mass is 79.9.